The van der Waals surface area contributed by atoms with Gasteiger partial charge >= 0.3 is 0 Å². The maximum Gasteiger partial charge on any atom is 0.268 e. The topological polar surface area (TPSA) is 104 Å². The van der Waals surface area contributed by atoms with E-state index in [-0.39, 0.29) is 11.4 Å². The highest BCUT2D eigenvalue weighted by Gasteiger charge is 2.41. The molecule has 0 aromatic carbocycles. The molecule has 3 aromatic heterocycles. The lowest BCUT2D eigenvalue weighted by molar-refractivity contribution is 0.0833. The van der Waals surface area contributed by atoms with E-state index in [1.165, 1.54) is 19.3 Å². The predicted molar refractivity (Wildman–Crippen MR) is 135 cm³/mol. The standard InChI is InChI=1S/C25H33N9O/c1-17(2)32-10-12-33(13-11-32)21-7-6-20(30-31-21)28-24-26-15-18-14-19-23(35)27-16-25(8-4-3-5-9-25)34(19)22(18)29-24/h6-7,14-15,17H,3-5,8-13,16H2,1-2H3,(H,27,35)(H,26,28,29,30). The molecule has 10 heteroatoms. The maximum absolute atomic E-state index is 12.6. The molecular formula is C25H33N9O. The van der Waals surface area contributed by atoms with Gasteiger partial charge in [0.15, 0.2) is 11.6 Å². The van der Waals surface area contributed by atoms with E-state index in [0.29, 0.717) is 30.0 Å². The van der Waals surface area contributed by atoms with Gasteiger partial charge in [0.25, 0.3) is 5.91 Å². The summed E-state index contributed by atoms with van der Waals surface area (Å²) in [6.07, 6.45) is 7.47. The highest BCUT2D eigenvalue weighted by atomic mass is 16.2. The Hall–Kier alpha value is -3.27. The molecule has 35 heavy (non-hydrogen) atoms. The number of aromatic nitrogens is 5. The summed E-state index contributed by atoms with van der Waals surface area (Å²) in [5, 5.41) is 16.0. The summed E-state index contributed by atoms with van der Waals surface area (Å²) in [4.78, 5) is 26.7. The van der Waals surface area contributed by atoms with Crippen LogP contribution in [0, 0.1) is 0 Å². The minimum absolute atomic E-state index is 0.0376. The molecule has 184 valence electrons. The van der Waals surface area contributed by atoms with Crippen molar-refractivity contribution in [3.63, 3.8) is 0 Å². The number of anilines is 3. The van der Waals surface area contributed by atoms with Gasteiger partial charge in [-0.3, -0.25) is 9.69 Å². The molecule has 1 aliphatic carbocycles. The van der Waals surface area contributed by atoms with Crippen LogP contribution in [-0.4, -0.2) is 74.3 Å². The average molecular weight is 476 g/mol. The number of nitrogens with one attached hydrogen (secondary N) is 2. The molecule has 0 bridgehead atoms. The van der Waals surface area contributed by atoms with Gasteiger partial charge in [0.2, 0.25) is 5.95 Å². The fourth-order valence-corrected chi connectivity index (χ4v) is 5.86. The molecule has 2 fully saturated rings. The Morgan fingerprint density at radius 3 is 2.57 bits per heavy atom. The molecular weight excluding hydrogens is 442 g/mol. The second-order valence-corrected chi connectivity index (χ2v) is 10.3. The summed E-state index contributed by atoms with van der Waals surface area (Å²) < 4.78 is 2.18. The quantitative estimate of drug-likeness (QED) is 0.594. The smallest absolute Gasteiger partial charge is 0.268 e. The number of amides is 1. The highest BCUT2D eigenvalue weighted by molar-refractivity contribution is 5.99. The number of hydrogen-bond donors (Lipinski definition) is 2. The number of carbonyl (C=O) groups is 1. The summed E-state index contributed by atoms with van der Waals surface area (Å²) >= 11 is 0. The number of nitrogens with zero attached hydrogens (tertiary/aromatic N) is 7. The van der Waals surface area contributed by atoms with Crippen molar-refractivity contribution in [2.24, 2.45) is 0 Å². The number of rotatable bonds is 4. The molecule has 10 nitrogen and oxygen atoms in total. The first-order valence-electron chi connectivity index (χ1n) is 12.8. The van der Waals surface area contributed by atoms with Crippen molar-refractivity contribution in [3.8, 4) is 0 Å². The summed E-state index contributed by atoms with van der Waals surface area (Å²) in [5.74, 6) is 1.91. The molecule has 1 saturated carbocycles. The Morgan fingerprint density at radius 1 is 1.06 bits per heavy atom. The van der Waals surface area contributed by atoms with E-state index in [2.05, 4.69) is 54.0 Å². The molecule has 0 atom stereocenters. The molecule has 0 unspecified atom stereocenters. The lowest BCUT2D eigenvalue weighted by atomic mass is 9.80. The van der Waals surface area contributed by atoms with E-state index >= 15 is 0 Å². The van der Waals surface area contributed by atoms with Gasteiger partial charge in [0, 0.05) is 50.3 Å². The van der Waals surface area contributed by atoms with Gasteiger partial charge in [-0.1, -0.05) is 19.3 Å². The van der Waals surface area contributed by atoms with Crippen molar-refractivity contribution < 1.29 is 4.79 Å². The van der Waals surface area contributed by atoms with Crippen LogP contribution >= 0.6 is 0 Å². The maximum atomic E-state index is 12.6. The Kier molecular flexibility index (Phi) is 5.55. The van der Waals surface area contributed by atoms with Gasteiger partial charge in [0.05, 0.1) is 5.54 Å². The predicted octanol–water partition coefficient (Wildman–Crippen LogP) is 2.90. The zero-order valence-electron chi connectivity index (χ0n) is 20.5. The molecule has 1 spiro atoms. The van der Waals surface area contributed by atoms with Gasteiger partial charge in [0.1, 0.15) is 11.3 Å². The fourth-order valence-electron chi connectivity index (χ4n) is 5.86. The van der Waals surface area contributed by atoms with Crippen LogP contribution in [0.4, 0.5) is 17.6 Å². The molecule has 0 radical (unpaired) electrons. The Balaban J connectivity index is 1.24. The summed E-state index contributed by atoms with van der Waals surface area (Å²) in [6.45, 7) is 9.12. The van der Waals surface area contributed by atoms with Crippen molar-refractivity contribution in [1.82, 2.24) is 34.9 Å². The van der Waals surface area contributed by atoms with E-state index < -0.39 is 0 Å². The third-order valence-electron chi connectivity index (χ3n) is 7.87. The van der Waals surface area contributed by atoms with Crippen molar-refractivity contribution in [2.75, 3.05) is 42.9 Å². The minimum atomic E-state index is -0.101. The second kappa shape index (κ2) is 8.75. The minimum Gasteiger partial charge on any atom is -0.353 e. The van der Waals surface area contributed by atoms with Crippen molar-refractivity contribution >= 4 is 34.5 Å². The first kappa shape index (κ1) is 22.2. The van der Waals surface area contributed by atoms with Gasteiger partial charge in [-0.05, 0) is 44.9 Å². The lowest BCUT2D eigenvalue weighted by Gasteiger charge is -2.42. The first-order chi connectivity index (χ1) is 17.0. The van der Waals surface area contributed by atoms with Crippen LogP contribution in [0.25, 0.3) is 11.0 Å². The first-order valence-corrected chi connectivity index (χ1v) is 12.8. The van der Waals surface area contributed by atoms with Crippen LogP contribution in [0.3, 0.4) is 0 Å². The number of fused-ring (bicyclic) bond motifs is 4. The van der Waals surface area contributed by atoms with Crippen LogP contribution in [-0.2, 0) is 5.54 Å². The largest absolute Gasteiger partial charge is 0.353 e. The van der Waals surface area contributed by atoms with E-state index in [1.807, 2.05) is 18.2 Å². The van der Waals surface area contributed by atoms with Crippen molar-refractivity contribution in [2.45, 2.75) is 57.5 Å². The monoisotopic (exact) mass is 475 g/mol. The molecule has 2 aliphatic heterocycles. The third-order valence-corrected chi connectivity index (χ3v) is 7.87. The summed E-state index contributed by atoms with van der Waals surface area (Å²) in [6, 6.07) is 6.41. The van der Waals surface area contributed by atoms with Gasteiger partial charge in [-0.2, -0.15) is 4.98 Å². The zero-order valence-corrected chi connectivity index (χ0v) is 20.5. The number of carbonyl (C=O) groups excluding carboxylic acids is 1. The molecule has 6 rings (SSSR count). The number of hydrogen-bond acceptors (Lipinski definition) is 8. The summed E-state index contributed by atoms with van der Waals surface area (Å²) in [5.41, 5.74) is 1.39. The van der Waals surface area contributed by atoms with Crippen molar-refractivity contribution in [3.05, 3.63) is 30.1 Å². The van der Waals surface area contributed by atoms with E-state index in [9.17, 15) is 4.79 Å². The van der Waals surface area contributed by atoms with E-state index in [4.69, 9.17) is 4.98 Å². The molecule has 2 N–H and O–H groups in total. The van der Waals surface area contributed by atoms with Crippen LogP contribution in [0.1, 0.15) is 56.4 Å². The number of piperazine rings is 1. The van der Waals surface area contributed by atoms with Crippen LogP contribution in [0.2, 0.25) is 0 Å². The van der Waals surface area contributed by atoms with Crippen LogP contribution in [0.5, 0.6) is 0 Å². The molecule has 1 saturated heterocycles. The fraction of sp³-hybridized carbons (Fsp3) is 0.560. The second-order valence-electron chi connectivity index (χ2n) is 10.3. The Labute approximate surface area is 205 Å². The van der Waals surface area contributed by atoms with Gasteiger partial charge in [-0.25, -0.2) is 4.98 Å². The average Bonchev–Trinajstić information content (AvgIpc) is 3.28. The molecule has 3 aromatic rings. The molecule has 5 heterocycles. The van der Waals surface area contributed by atoms with E-state index in [1.54, 1.807) is 6.20 Å². The SMILES string of the molecule is CC(C)N1CCN(c2ccc(Nc3ncc4cc5n(c4n3)C3(CCCCC3)CNC5=O)nn2)CC1. The molecule has 3 aliphatic rings. The normalized spacial score (nSPS) is 20.3. The van der Waals surface area contributed by atoms with E-state index in [0.717, 1.165) is 55.9 Å². The zero-order chi connectivity index (χ0) is 24.0. The lowest BCUT2D eigenvalue weighted by Crippen LogP contribution is -2.52. The molecule has 1 amide bonds. The highest BCUT2D eigenvalue weighted by Crippen LogP contribution is 2.40. The van der Waals surface area contributed by atoms with Gasteiger partial charge < -0.3 is 20.1 Å². The van der Waals surface area contributed by atoms with Crippen LogP contribution < -0.4 is 15.5 Å². The Bertz CT molecular complexity index is 1220. The Morgan fingerprint density at radius 2 is 1.86 bits per heavy atom. The summed E-state index contributed by atoms with van der Waals surface area (Å²) in [7, 11) is 0. The van der Waals surface area contributed by atoms with Gasteiger partial charge in [-0.15, -0.1) is 10.2 Å². The van der Waals surface area contributed by atoms with Crippen LogP contribution in [0.15, 0.2) is 24.4 Å². The van der Waals surface area contributed by atoms with Crippen molar-refractivity contribution in [1.29, 1.82) is 0 Å². The third kappa shape index (κ3) is 3.99.